The zero-order chi connectivity index (χ0) is 15.7. The van der Waals surface area contributed by atoms with Crippen molar-refractivity contribution >= 4 is 18.3 Å². The van der Waals surface area contributed by atoms with Crippen molar-refractivity contribution < 1.29 is 13.7 Å². The Kier molecular flexibility index (Phi) is 5.43. The van der Waals surface area contributed by atoms with Crippen LogP contribution in [0.3, 0.4) is 0 Å². The summed E-state index contributed by atoms with van der Waals surface area (Å²) in [6.45, 7) is 4.24. The van der Waals surface area contributed by atoms with Gasteiger partial charge in [-0.15, -0.1) is 12.4 Å². The maximum Gasteiger partial charge on any atom is 0.255 e. The second-order valence-corrected chi connectivity index (χ2v) is 5.97. The van der Waals surface area contributed by atoms with E-state index in [4.69, 9.17) is 14.7 Å². The minimum absolute atomic E-state index is 0. The normalized spacial score (nSPS) is 15.3. The summed E-state index contributed by atoms with van der Waals surface area (Å²) in [6, 6.07) is 1.31. The van der Waals surface area contributed by atoms with Crippen LogP contribution in [0.25, 0.3) is 0 Å². The van der Waals surface area contributed by atoms with Crippen molar-refractivity contribution in [3.8, 4) is 0 Å². The van der Waals surface area contributed by atoms with Gasteiger partial charge in [-0.1, -0.05) is 19.0 Å². The summed E-state index contributed by atoms with van der Waals surface area (Å²) in [5.41, 5.74) is 5.92. The average molecular weight is 341 g/mol. The van der Waals surface area contributed by atoms with E-state index in [1.165, 1.54) is 6.26 Å². The number of amides is 1. The van der Waals surface area contributed by atoms with Crippen LogP contribution in [0.5, 0.6) is 0 Å². The molecule has 3 rings (SSSR count). The molecule has 23 heavy (non-hydrogen) atoms. The number of furan rings is 1. The van der Waals surface area contributed by atoms with Crippen molar-refractivity contribution in [2.24, 2.45) is 11.7 Å². The fourth-order valence-corrected chi connectivity index (χ4v) is 2.23. The molecule has 0 spiro atoms. The molecule has 2 aromatic heterocycles. The molecule has 0 aromatic carbocycles. The molecular formula is C15H21ClN4O3. The fourth-order valence-electron chi connectivity index (χ4n) is 2.23. The molecule has 1 aliphatic rings. The Labute approximate surface area is 140 Å². The molecule has 8 heteroatoms. The third-order valence-electron chi connectivity index (χ3n) is 3.74. The monoisotopic (exact) mass is 340 g/mol. The van der Waals surface area contributed by atoms with Crippen LogP contribution in [0, 0.1) is 5.92 Å². The van der Waals surface area contributed by atoms with Gasteiger partial charge in [0, 0.05) is 5.92 Å². The molecule has 0 bridgehead atoms. The van der Waals surface area contributed by atoms with Crippen molar-refractivity contribution in [1.29, 1.82) is 0 Å². The average Bonchev–Trinajstić information content (AvgIpc) is 3.04. The van der Waals surface area contributed by atoms with Gasteiger partial charge in [0.15, 0.2) is 5.82 Å². The predicted molar refractivity (Wildman–Crippen MR) is 85.2 cm³/mol. The lowest BCUT2D eigenvalue weighted by Gasteiger charge is -2.17. The number of carbonyl (C=O) groups is 1. The first kappa shape index (κ1) is 17.5. The molecule has 3 N–H and O–H groups in total. The Bertz CT molecular complexity index is 663. The van der Waals surface area contributed by atoms with E-state index in [9.17, 15) is 4.79 Å². The second kappa shape index (κ2) is 7.14. The second-order valence-electron chi connectivity index (χ2n) is 5.97. The van der Waals surface area contributed by atoms with Crippen molar-refractivity contribution in [2.45, 2.75) is 45.2 Å². The number of nitrogens with zero attached hydrogens (tertiary/aromatic N) is 2. The summed E-state index contributed by atoms with van der Waals surface area (Å²) >= 11 is 0. The molecule has 0 aliphatic heterocycles. The quantitative estimate of drug-likeness (QED) is 0.836. The summed E-state index contributed by atoms with van der Waals surface area (Å²) in [6.07, 6.45) is 3.61. The Balaban J connectivity index is 0.00000192. The van der Waals surface area contributed by atoms with E-state index in [1.807, 2.05) is 13.8 Å². The summed E-state index contributed by atoms with van der Waals surface area (Å²) in [4.78, 5) is 16.7. The van der Waals surface area contributed by atoms with Crippen molar-refractivity contribution in [3.63, 3.8) is 0 Å². The molecular weight excluding hydrogens is 320 g/mol. The molecule has 1 unspecified atom stereocenters. The van der Waals surface area contributed by atoms with Gasteiger partial charge in [0.25, 0.3) is 5.91 Å². The number of halogens is 1. The molecule has 2 aromatic rings. The van der Waals surface area contributed by atoms with Gasteiger partial charge < -0.3 is 20.0 Å². The van der Waals surface area contributed by atoms with Crippen LogP contribution >= 0.6 is 12.4 Å². The highest BCUT2D eigenvalue weighted by Crippen LogP contribution is 2.38. The maximum absolute atomic E-state index is 12.3. The summed E-state index contributed by atoms with van der Waals surface area (Å²) in [7, 11) is 0. The van der Waals surface area contributed by atoms with E-state index in [2.05, 4.69) is 15.5 Å². The number of hydrogen-bond acceptors (Lipinski definition) is 6. The molecule has 0 saturated heterocycles. The number of rotatable bonds is 6. The van der Waals surface area contributed by atoms with Crippen LogP contribution in [0.4, 0.5) is 0 Å². The van der Waals surface area contributed by atoms with Gasteiger partial charge in [-0.2, -0.15) is 4.98 Å². The predicted octanol–water partition coefficient (Wildman–Crippen LogP) is 2.55. The molecule has 1 atom stereocenters. The third kappa shape index (κ3) is 3.92. The SMILES string of the molecule is CC(C)C(NC(=O)c1coc(CN)c1)c1nc(C2CC2)no1.Cl. The molecule has 2 heterocycles. The van der Waals surface area contributed by atoms with Crippen LogP contribution in [0.15, 0.2) is 21.3 Å². The van der Waals surface area contributed by atoms with E-state index in [0.717, 1.165) is 18.7 Å². The van der Waals surface area contributed by atoms with E-state index in [0.29, 0.717) is 23.1 Å². The fraction of sp³-hybridized carbons (Fsp3) is 0.533. The first-order chi connectivity index (χ1) is 10.6. The zero-order valence-corrected chi connectivity index (χ0v) is 13.9. The third-order valence-corrected chi connectivity index (χ3v) is 3.74. The van der Waals surface area contributed by atoms with Crippen molar-refractivity contribution in [3.05, 3.63) is 35.4 Å². The molecule has 1 fully saturated rings. The van der Waals surface area contributed by atoms with E-state index < -0.39 is 0 Å². The Morgan fingerprint density at radius 2 is 2.22 bits per heavy atom. The van der Waals surface area contributed by atoms with Crippen molar-refractivity contribution in [2.75, 3.05) is 0 Å². The Morgan fingerprint density at radius 3 is 2.78 bits per heavy atom. The number of nitrogens with one attached hydrogen (secondary N) is 1. The largest absolute Gasteiger partial charge is 0.467 e. The van der Waals surface area contributed by atoms with Crippen LogP contribution in [-0.2, 0) is 6.54 Å². The van der Waals surface area contributed by atoms with Gasteiger partial charge in [0.2, 0.25) is 5.89 Å². The smallest absolute Gasteiger partial charge is 0.255 e. The minimum atomic E-state index is -0.330. The number of hydrogen-bond donors (Lipinski definition) is 2. The molecule has 1 amide bonds. The highest BCUT2D eigenvalue weighted by Gasteiger charge is 2.31. The molecule has 0 radical (unpaired) electrons. The number of nitrogens with two attached hydrogens (primary N) is 1. The molecule has 126 valence electrons. The summed E-state index contributed by atoms with van der Waals surface area (Å²) in [5, 5.41) is 6.93. The lowest BCUT2D eigenvalue weighted by atomic mass is 10.0. The lowest BCUT2D eigenvalue weighted by molar-refractivity contribution is 0.0913. The Hall–Kier alpha value is -1.86. The number of carbonyl (C=O) groups excluding carboxylic acids is 1. The standard InChI is InChI=1S/C15H20N4O3.ClH/c1-8(2)12(15-18-13(19-22-15)9-3-4-9)17-14(20)10-5-11(6-16)21-7-10;/h5,7-9,12H,3-4,6,16H2,1-2H3,(H,17,20);1H. The zero-order valence-electron chi connectivity index (χ0n) is 13.1. The van der Waals surface area contributed by atoms with Crippen LogP contribution in [0.2, 0.25) is 0 Å². The van der Waals surface area contributed by atoms with Gasteiger partial charge in [0.05, 0.1) is 12.1 Å². The van der Waals surface area contributed by atoms with E-state index >= 15 is 0 Å². The maximum atomic E-state index is 12.3. The van der Waals surface area contributed by atoms with Gasteiger partial charge in [-0.25, -0.2) is 0 Å². The lowest BCUT2D eigenvalue weighted by Crippen LogP contribution is -2.31. The molecule has 1 saturated carbocycles. The van der Waals surface area contributed by atoms with Crippen LogP contribution < -0.4 is 11.1 Å². The first-order valence-corrected chi connectivity index (χ1v) is 7.50. The van der Waals surface area contributed by atoms with Gasteiger partial charge >= 0.3 is 0 Å². The summed E-state index contributed by atoms with van der Waals surface area (Å²) < 4.78 is 10.5. The Morgan fingerprint density at radius 1 is 1.48 bits per heavy atom. The van der Waals surface area contributed by atoms with Crippen molar-refractivity contribution in [1.82, 2.24) is 15.5 Å². The summed E-state index contributed by atoms with van der Waals surface area (Å²) in [5.74, 6) is 2.06. The minimum Gasteiger partial charge on any atom is -0.467 e. The molecule has 1 aliphatic carbocycles. The highest BCUT2D eigenvalue weighted by molar-refractivity contribution is 5.94. The van der Waals surface area contributed by atoms with E-state index in [-0.39, 0.29) is 36.8 Å². The first-order valence-electron chi connectivity index (χ1n) is 7.50. The van der Waals surface area contributed by atoms with Gasteiger partial charge in [-0.3, -0.25) is 4.79 Å². The van der Waals surface area contributed by atoms with Gasteiger partial charge in [0.1, 0.15) is 18.1 Å². The molecule has 7 nitrogen and oxygen atoms in total. The van der Waals surface area contributed by atoms with E-state index in [1.54, 1.807) is 6.07 Å². The topological polar surface area (TPSA) is 107 Å². The van der Waals surface area contributed by atoms with Crippen LogP contribution in [0.1, 0.15) is 66.5 Å². The highest BCUT2D eigenvalue weighted by atomic mass is 35.5. The number of aromatic nitrogens is 2. The van der Waals surface area contributed by atoms with Gasteiger partial charge in [-0.05, 0) is 24.8 Å². The van der Waals surface area contributed by atoms with Crippen LogP contribution in [-0.4, -0.2) is 16.0 Å².